The number of hydrogen-bond donors (Lipinski definition) is 2. The number of ether oxygens (including phenoxy) is 1. The van der Waals surface area contributed by atoms with Crippen LogP contribution in [0, 0.1) is 17.3 Å². The maximum absolute atomic E-state index is 11.8. The highest BCUT2D eigenvalue weighted by molar-refractivity contribution is 5.97. The van der Waals surface area contributed by atoms with Crippen molar-refractivity contribution in [3.05, 3.63) is 0 Å². The minimum absolute atomic E-state index is 0.344. The van der Waals surface area contributed by atoms with Gasteiger partial charge >= 0.3 is 5.97 Å². The Hall–Kier alpha value is -1.10. The van der Waals surface area contributed by atoms with Gasteiger partial charge in [-0.05, 0) is 17.8 Å². The number of aliphatic carboxylic acids is 1. The van der Waals surface area contributed by atoms with Crippen LogP contribution in [0.3, 0.4) is 0 Å². The number of nitrogens with one attached hydrogen (secondary N) is 1. The molecule has 0 aliphatic rings. The largest absolute Gasteiger partial charge is 0.481 e. The minimum atomic E-state index is -1.09. The molecule has 0 aliphatic carbocycles. The highest BCUT2D eigenvalue weighted by Gasteiger charge is 2.37. The van der Waals surface area contributed by atoms with Crippen molar-refractivity contribution in [2.45, 2.75) is 41.0 Å². The van der Waals surface area contributed by atoms with E-state index in [4.69, 9.17) is 9.84 Å². The van der Waals surface area contributed by atoms with E-state index in [1.165, 1.54) is 0 Å². The van der Waals surface area contributed by atoms with Crippen molar-refractivity contribution in [1.29, 1.82) is 0 Å². The van der Waals surface area contributed by atoms with E-state index in [0.717, 1.165) is 6.42 Å². The molecule has 5 nitrogen and oxygen atoms in total. The number of carbonyl (C=O) groups excluding carboxylic acids is 1. The van der Waals surface area contributed by atoms with E-state index in [2.05, 4.69) is 19.2 Å². The second kappa shape index (κ2) is 8.15. The smallest absolute Gasteiger partial charge is 0.316 e. The molecule has 19 heavy (non-hydrogen) atoms. The zero-order valence-electron chi connectivity index (χ0n) is 12.7. The lowest BCUT2D eigenvalue weighted by Crippen LogP contribution is -2.43. The molecule has 0 radical (unpaired) electrons. The Morgan fingerprint density at radius 3 is 2.21 bits per heavy atom. The first-order valence-electron chi connectivity index (χ1n) is 6.74. The molecule has 1 amide bonds. The molecule has 0 aromatic heterocycles. The number of carboxylic acid groups (broad SMARTS) is 1. The number of carboxylic acids is 1. The molecule has 0 fully saturated rings. The Balaban J connectivity index is 3.99. The van der Waals surface area contributed by atoms with Crippen molar-refractivity contribution in [2.24, 2.45) is 17.3 Å². The van der Waals surface area contributed by atoms with Gasteiger partial charge in [0.05, 0.1) is 6.61 Å². The SMILES string of the molecule is CC(C)CCOCCNC(=O)C(C(=O)O)C(C)(C)C. The molecule has 0 saturated carbocycles. The van der Waals surface area contributed by atoms with Crippen molar-refractivity contribution in [2.75, 3.05) is 19.8 Å². The van der Waals surface area contributed by atoms with Gasteiger partial charge in [0.2, 0.25) is 5.91 Å². The predicted molar refractivity (Wildman–Crippen MR) is 73.9 cm³/mol. The van der Waals surface area contributed by atoms with Gasteiger partial charge < -0.3 is 15.2 Å². The van der Waals surface area contributed by atoms with E-state index in [9.17, 15) is 9.59 Å². The quantitative estimate of drug-likeness (QED) is 0.523. The highest BCUT2D eigenvalue weighted by atomic mass is 16.5. The summed E-state index contributed by atoms with van der Waals surface area (Å²) in [4.78, 5) is 22.9. The summed E-state index contributed by atoms with van der Waals surface area (Å²) in [6.45, 7) is 10.9. The van der Waals surface area contributed by atoms with Gasteiger partial charge in [0.1, 0.15) is 5.92 Å². The first-order valence-corrected chi connectivity index (χ1v) is 6.74. The lowest BCUT2D eigenvalue weighted by Gasteiger charge is -2.25. The summed E-state index contributed by atoms with van der Waals surface area (Å²) in [5.74, 6) is -1.99. The average Bonchev–Trinajstić information content (AvgIpc) is 2.19. The monoisotopic (exact) mass is 273 g/mol. The predicted octanol–water partition coefficient (Wildman–Crippen LogP) is 1.91. The van der Waals surface area contributed by atoms with E-state index >= 15 is 0 Å². The summed E-state index contributed by atoms with van der Waals surface area (Å²) < 4.78 is 5.36. The van der Waals surface area contributed by atoms with Crippen LogP contribution in [-0.4, -0.2) is 36.7 Å². The summed E-state index contributed by atoms with van der Waals surface area (Å²) in [5.41, 5.74) is -0.603. The fourth-order valence-corrected chi connectivity index (χ4v) is 1.65. The van der Waals surface area contributed by atoms with Crippen LogP contribution in [0.2, 0.25) is 0 Å². The van der Waals surface area contributed by atoms with Gasteiger partial charge in [-0.1, -0.05) is 34.6 Å². The van der Waals surface area contributed by atoms with E-state index in [1.807, 2.05) is 0 Å². The minimum Gasteiger partial charge on any atom is -0.481 e. The second-order valence-corrected chi connectivity index (χ2v) is 6.22. The molecule has 1 unspecified atom stereocenters. The molecule has 0 bridgehead atoms. The number of hydrogen-bond acceptors (Lipinski definition) is 3. The molecule has 0 aromatic carbocycles. The number of carbonyl (C=O) groups is 2. The molecule has 2 N–H and O–H groups in total. The zero-order valence-corrected chi connectivity index (χ0v) is 12.7. The summed E-state index contributed by atoms with van der Waals surface area (Å²) in [6.07, 6.45) is 0.980. The van der Waals surface area contributed by atoms with Gasteiger partial charge in [-0.3, -0.25) is 9.59 Å². The van der Waals surface area contributed by atoms with Gasteiger partial charge in [-0.15, -0.1) is 0 Å². The van der Waals surface area contributed by atoms with Crippen molar-refractivity contribution in [3.63, 3.8) is 0 Å². The molecular formula is C14H27NO4. The average molecular weight is 273 g/mol. The maximum Gasteiger partial charge on any atom is 0.316 e. The third-order valence-corrected chi connectivity index (χ3v) is 2.76. The molecule has 112 valence electrons. The van der Waals surface area contributed by atoms with Crippen molar-refractivity contribution < 1.29 is 19.4 Å². The lowest BCUT2D eigenvalue weighted by molar-refractivity contribution is -0.151. The van der Waals surface area contributed by atoms with Crippen LogP contribution < -0.4 is 5.32 Å². The summed E-state index contributed by atoms with van der Waals surface area (Å²) in [6, 6.07) is 0. The normalized spacial score (nSPS) is 13.4. The molecule has 5 heteroatoms. The van der Waals surface area contributed by atoms with Crippen LogP contribution in [0.25, 0.3) is 0 Å². The van der Waals surface area contributed by atoms with Crippen LogP contribution >= 0.6 is 0 Å². The Labute approximate surface area is 115 Å². The topological polar surface area (TPSA) is 75.6 Å². The van der Waals surface area contributed by atoms with E-state index < -0.39 is 23.2 Å². The Kier molecular flexibility index (Phi) is 7.68. The van der Waals surface area contributed by atoms with Crippen LogP contribution in [0.4, 0.5) is 0 Å². The van der Waals surface area contributed by atoms with Crippen LogP contribution in [0.15, 0.2) is 0 Å². The van der Waals surface area contributed by atoms with Crippen molar-refractivity contribution >= 4 is 11.9 Å². The van der Waals surface area contributed by atoms with Gasteiger partial charge in [0.25, 0.3) is 0 Å². The molecule has 0 rings (SSSR count). The molecule has 0 heterocycles. The lowest BCUT2D eigenvalue weighted by atomic mass is 9.80. The molecule has 0 spiro atoms. The van der Waals surface area contributed by atoms with Crippen LogP contribution in [-0.2, 0) is 14.3 Å². The Morgan fingerprint density at radius 1 is 1.21 bits per heavy atom. The maximum atomic E-state index is 11.8. The fraction of sp³-hybridized carbons (Fsp3) is 0.857. The molecular weight excluding hydrogens is 246 g/mol. The third-order valence-electron chi connectivity index (χ3n) is 2.76. The second-order valence-electron chi connectivity index (χ2n) is 6.22. The van der Waals surface area contributed by atoms with Gasteiger partial charge in [-0.2, -0.15) is 0 Å². The van der Waals surface area contributed by atoms with Gasteiger partial charge in [-0.25, -0.2) is 0 Å². The highest BCUT2D eigenvalue weighted by Crippen LogP contribution is 2.26. The Bertz CT molecular complexity index is 294. The molecule has 0 saturated heterocycles. The van der Waals surface area contributed by atoms with E-state index in [0.29, 0.717) is 25.7 Å². The van der Waals surface area contributed by atoms with Crippen molar-refractivity contribution in [1.82, 2.24) is 5.32 Å². The molecule has 0 aromatic rings. The van der Waals surface area contributed by atoms with Crippen LogP contribution in [0.1, 0.15) is 41.0 Å². The summed E-state index contributed by atoms with van der Waals surface area (Å²) in [7, 11) is 0. The van der Waals surface area contributed by atoms with E-state index in [-0.39, 0.29) is 0 Å². The molecule has 1 atom stereocenters. The van der Waals surface area contributed by atoms with Gasteiger partial charge in [0.15, 0.2) is 0 Å². The zero-order chi connectivity index (χ0) is 15.1. The van der Waals surface area contributed by atoms with Crippen molar-refractivity contribution in [3.8, 4) is 0 Å². The van der Waals surface area contributed by atoms with Crippen LogP contribution in [0.5, 0.6) is 0 Å². The first-order chi connectivity index (χ1) is 8.66. The third kappa shape index (κ3) is 7.82. The first kappa shape index (κ1) is 17.9. The number of amides is 1. The Morgan fingerprint density at radius 2 is 1.79 bits per heavy atom. The summed E-state index contributed by atoms with van der Waals surface area (Å²) in [5, 5.41) is 11.7. The van der Waals surface area contributed by atoms with E-state index in [1.54, 1.807) is 20.8 Å². The standard InChI is InChI=1S/C14H27NO4/c1-10(2)6-8-19-9-7-15-12(16)11(13(17)18)14(3,4)5/h10-11H,6-9H2,1-5H3,(H,15,16)(H,17,18). The van der Waals surface area contributed by atoms with Gasteiger partial charge in [0, 0.05) is 13.2 Å². The number of rotatable bonds is 8. The fourth-order valence-electron chi connectivity index (χ4n) is 1.65. The summed E-state index contributed by atoms with van der Waals surface area (Å²) >= 11 is 0. The molecule has 0 aliphatic heterocycles.